The van der Waals surface area contributed by atoms with Crippen molar-refractivity contribution in [3.63, 3.8) is 0 Å². The molecule has 1 radical (unpaired) electrons. The van der Waals surface area contributed by atoms with E-state index >= 15 is 0 Å². The molecule has 0 fully saturated rings. The zero-order chi connectivity index (χ0) is 15.7. The minimum Gasteiger partial charge on any atom is -0.497 e. The van der Waals surface area contributed by atoms with Crippen LogP contribution in [0, 0.1) is 6.92 Å². The van der Waals surface area contributed by atoms with E-state index in [1.807, 2.05) is 19.1 Å². The minimum atomic E-state index is -1.00. The number of pyridine rings is 1. The van der Waals surface area contributed by atoms with Crippen molar-refractivity contribution in [2.75, 3.05) is 7.11 Å². The Kier molecular flexibility index (Phi) is 7.08. The summed E-state index contributed by atoms with van der Waals surface area (Å²) in [6, 6.07) is 11.0. The van der Waals surface area contributed by atoms with Crippen molar-refractivity contribution < 1.29 is 18.2 Å². The van der Waals surface area contributed by atoms with Gasteiger partial charge in [-0.05, 0) is 48.9 Å². The van der Waals surface area contributed by atoms with Crippen LogP contribution in [0.25, 0.3) is 0 Å². The Morgan fingerprint density at radius 1 is 1.24 bits per heavy atom. The second kappa shape index (κ2) is 8.84. The third-order valence-electron chi connectivity index (χ3n) is 2.73. The van der Waals surface area contributed by atoms with Gasteiger partial charge in [0.2, 0.25) is 0 Å². The summed E-state index contributed by atoms with van der Waals surface area (Å²) in [6.07, 6.45) is 2.06. The summed E-state index contributed by atoms with van der Waals surface area (Å²) in [5.41, 5.74) is 2.59. The lowest BCUT2D eigenvalue weighted by Gasteiger charge is -2.03. The number of hydrogen-bond acceptors (Lipinski definition) is 3. The SMILES string of the molecule is COc1ccc(C(=O)Cc2cc(C)ccn2)cc1.F[B]F. The highest BCUT2D eigenvalue weighted by Gasteiger charge is 2.08. The molecule has 0 N–H and O–H groups in total. The predicted molar refractivity (Wildman–Crippen MR) is 78.0 cm³/mol. The molecule has 2 aromatic rings. The lowest BCUT2D eigenvalue weighted by molar-refractivity contribution is 0.0992. The summed E-state index contributed by atoms with van der Waals surface area (Å²) in [4.78, 5) is 16.2. The number of ketones is 1. The normalized spacial score (nSPS) is 9.33. The number of hydrogen-bond donors (Lipinski definition) is 0. The van der Waals surface area contributed by atoms with Crippen molar-refractivity contribution in [2.45, 2.75) is 13.3 Å². The number of aryl methyl sites for hydroxylation is 1. The Morgan fingerprint density at radius 2 is 1.86 bits per heavy atom. The fourth-order valence-corrected chi connectivity index (χ4v) is 1.74. The van der Waals surface area contributed by atoms with Gasteiger partial charge >= 0.3 is 7.83 Å². The third-order valence-corrected chi connectivity index (χ3v) is 2.73. The van der Waals surface area contributed by atoms with E-state index in [2.05, 4.69) is 4.98 Å². The largest absolute Gasteiger partial charge is 0.577 e. The first-order chi connectivity index (χ1) is 10.1. The Labute approximate surface area is 123 Å². The predicted octanol–water partition coefficient (Wildman–Crippen LogP) is 3.28. The molecular weight excluding hydrogens is 275 g/mol. The molecule has 0 atom stereocenters. The second-order valence-corrected chi connectivity index (χ2v) is 4.24. The van der Waals surface area contributed by atoms with Gasteiger partial charge in [0.05, 0.1) is 13.5 Å². The number of carbonyl (C=O) groups excluding carboxylic acids is 1. The number of benzene rings is 1. The molecule has 0 unspecified atom stereocenters. The smallest absolute Gasteiger partial charge is 0.497 e. The van der Waals surface area contributed by atoms with Crippen LogP contribution < -0.4 is 4.74 Å². The molecule has 0 aliphatic carbocycles. The van der Waals surface area contributed by atoms with E-state index in [1.54, 1.807) is 37.6 Å². The monoisotopic (exact) mass is 290 g/mol. The molecule has 0 spiro atoms. The Balaban J connectivity index is 0.000000677. The number of halogens is 2. The van der Waals surface area contributed by atoms with E-state index in [0.29, 0.717) is 12.0 Å². The van der Waals surface area contributed by atoms with Gasteiger partial charge in [0.1, 0.15) is 5.75 Å². The first-order valence-corrected chi connectivity index (χ1v) is 6.21. The van der Waals surface area contributed by atoms with Gasteiger partial charge in [-0.25, -0.2) is 0 Å². The number of aromatic nitrogens is 1. The standard InChI is InChI=1S/C15H15NO2.BF2/c1-11-7-8-16-13(9-11)10-15(17)12-3-5-14(18-2)6-4-12;2-1-3/h3-9H,10H2,1-2H3;. The van der Waals surface area contributed by atoms with Crippen molar-refractivity contribution in [1.29, 1.82) is 0 Å². The first-order valence-electron chi connectivity index (χ1n) is 6.21. The van der Waals surface area contributed by atoms with E-state index in [9.17, 15) is 13.4 Å². The van der Waals surface area contributed by atoms with Crippen LogP contribution >= 0.6 is 0 Å². The van der Waals surface area contributed by atoms with Gasteiger partial charge < -0.3 is 4.74 Å². The molecule has 2 rings (SSSR count). The maximum atomic E-state index is 12.0. The molecule has 1 aromatic heterocycles. The van der Waals surface area contributed by atoms with Crippen molar-refractivity contribution in [3.05, 3.63) is 59.4 Å². The summed E-state index contributed by atoms with van der Waals surface area (Å²) in [5, 5.41) is 0. The summed E-state index contributed by atoms with van der Waals surface area (Å²) in [7, 11) is 0.605. The summed E-state index contributed by atoms with van der Waals surface area (Å²) in [5.74, 6) is 0.816. The molecule has 0 amide bonds. The molecular formula is C15H15BF2NO2. The van der Waals surface area contributed by atoms with E-state index in [0.717, 1.165) is 17.0 Å². The average Bonchev–Trinajstić information content (AvgIpc) is 2.48. The third kappa shape index (κ3) is 5.73. The topological polar surface area (TPSA) is 39.2 Å². The van der Waals surface area contributed by atoms with Crippen LogP contribution in [0.5, 0.6) is 5.75 Å². The van der Waals surface area contributed by atoms with Gasteiger partial charge in [-0.15, -0.1) is 0 Å². The molecule has 21 heavy (non-hydrogen) atoms. The van der Waals surface area contributed by atoms with Crippen LogP contribution in [0.15, 0.2) is 42.6 Å². The van der Waals surface area contributed by atoms with E-state index in [4.69, 9.17) is 4.74 Å². The first kappa shape index (κ1) is 16.8. The molecule has 1 aromatic carbocycles. The lowest BCUT2D eigenvalue weighted by atomic mass is 10.1. The van der Waals surface area contributed by atoms with E-state index < -0.39 is 7.83 Å². The molecule has 0 bridgehead atoms. The maximum absolute atomic E-state index is 12.0. The molecule has 109 valence electrons. The van der Waals surface area contributed by atoms with Crippen LogP contribution in [-0.2, 0) is 6.42 Å². The highest BCUT2D eigenvalue weighted by atomic mass is 19.2. The number of methoxy groups -OCH3 is 1. The quantitative estimate of drug-likeness (QED) is 0.640. The van der Waals surface area contributed by atoms with Crippen molar-refractivity contribution in [3.8, 4) is 5.75 Å². The number of ether oxygens (including phenoxy) is 1. The summed E-state index contributed by atoms with van der Waals surface area (Å²) in [6.45, 7) is 1.99. The maximum Gasteiger partial charge on any atom is 0.577 e. The summed E-state index contributed by atoms with van der Waals surface area (Å²) < 4.78 is 24.1. The number of nitrogens with zero attached hydrogens (tertiary/aromatic N) is 1. The van der Waals surface area contributed by atoms with Gasteiger partial charge in [0, 0.05) is 17.5 Å². The fraction of sp³-hybridized carbons (Fsp3) is 0.200. The summed E-state index contributed by atoms with van der Waals surface area (Å²) >= 11 is 0. The molecule has 0 aliphatic rings. The number of Topliss-reactive ketones (excluding diaryl/α,β-unsaturated/α-hetero) is 1. The van der Waals surface area contributed by atoms with Crippen LogP contribution in [-0.4, -0.2) is 25.7 Å². The zero-order valence-electron chi connectivity index (χ0n) is 11.8. The van der Waals surface area contributed by atoms with Gasteiger partial charge in [0.25, 0.3) is 0 Å². The van der Waals surface area contributed by atoms with Crippen LogP contribution in [0.1, 0.15) is 21.6 Å². The fourth-order valence-electron chi connectivity index (χ4n) is 1.74. The molecule has 6 heteroatoms. The van der Waals surface area contributed by atoms with Crippen molar-refractivity contribution in [2.24, 2.45) is 0 Å². The lowest BCUT2D eigenvalue weighted by Crippen LogP contribution is -2.05. The molecule has 1 heterocycles. The minimum absolute atomic E-state index is 0.0655. The van der Waals surface area contributed by atoms with Crippen molar-refractivity contribution >= 4 is 13.6 Å². The van der Waals surface area contributed by atoms with Crippen LogP contribution in [0.2, 0.25) is 0 Å². The van der Waals surface area contributed by atoms with Gasteiger partial charge in [-0.3, -0.25) is 18.4 Å². The van der Waals surface area contributed by atoms with Gasteiger partial charge in [-0.1, -0.05) is 0 Å². The Morgan fingerprint density at radius 3 is 2.38 bits per heavy atom. The van der Waals surface area contributed by atoms with Crippen LogP contribution in [0.3, 0.4) is 0 Å². The second-order valence-electron chi connectivity index (χ2n) is 4.24. The van der Waals surface area contributed by atoms with Crippen LogP contribution in [0.4, 0.5) is 8.63 Å². The van der Waals surface area contributed by atoms with E-state index in [-0.39, 0.29) is 5.78 Å². The molecule has 3 nitrogen and oxygen atoms in total. The number of rotatable bonds is 4. The number of carbonyl (C=O) groups is 1. The van der Waals surface area contributed by atoms with Gasteiger partial charge in [0.15, 0.2) is 5.78 Å². The van der Waals surface area contributed by atoms with Crippen molar-refractivity contribution in [1.82, 2.24) is 4.98 Å². The average molecular weight is 290 g/mol. The molecule has 0 saturated carbocycles. The zero-order valence-corrected chi connectivity index (χ0v) is 11.8. The Bertz CT molecular complexity index is 576. The van der Waals surface area contributed by atoms with Gasteiger partial charge in [-0.2, -0.15) is 0 Å². The highest BCUT2D eigenvalue weighted by molar-refractivity contribution is 6.15. The molecule has 0 aliphatic heterocycles. The Hall–Kier alpha value is -2.24. The highest BCUT2D eigenvalue weighted by Crippen LogP contribution is 2.13. The molecule has 0 saturated heterocycles. The van der Waals surface area contributed by atoms with E-state index in [1.165, 1.54) is 0 Å².